The zero-order valence-corrected chi connectivity index (χ0v) is 21.1. The molecular formula is C30H37NO3. The van der Waals surface area contributed by atoms with Gasteiger partial charge in [0, 0.05) is 23.9 Å². The molecule has 0 bridgehead atoms. The minimum absolute atomic E-state index is 0.0623. The Morgan fingerprint density at radius 3 is 2.29 bits per heavy atom. The van der Waals surface area contributed by atoms with Crippen molar-refractivity contribution in [2.24, 2.45) is 0 Å². The Morgan fingerprint density at radius 1 is 0.941 bits per heavy atom. The predicted molar refractivity (Wildman–Crippen MR) is 138 cm³/mol. The van der Waals surface area contributed by atoms with Crippen LogP contribution >= 0.6 is 0 Å². The van der Waals surface area contributed by atoms with E-state index >= 15 is 0 Å². The Labute approximate surface area is 203 Å². The lowest BCUT2D eigenvalue weighted by Gasteiger charge is -2.56. The molecule has 2 unspecified atom stereocenters. The second kappa shape index (κ2) is 9.89. The van der Waals surface area contributed by atoms with Gasteiger partial charge in [0.05, 0.1) is 5.56 Å². The maximum Gasteiger partial charge on any atom is 0.339 e. The zero-order chi connectivity index (χ0) is 24.3. The second-order valence-electron chi connectivity index (χ2n) is 10.2. The first kappa shape index (κ1) is 24.4. The summed E-state index contributed by atoms with van der Waals surface area (Å²) in [6.45, 7) is 10.9. The van der Waals surface area contributed by atoms with Gasteiger partial charge in [-0.2, -0.15) is 5.06 Å². The number of carbonyl (C=O) groups excluding carboxylic acids is 1. The molecule has 0 radical (unpaired) electrons. The monoisotopic (exact) mass is 459 g/mol. The highest BCUT2D eigenvalue weighted by Gasteiger charge is 2.51. The SMILES string of the molecule is CCC1(CC)CC(OC(=O)c2cccc3ccccc23)CC(C)(C)N1OC(C)c1ccccc1. The van der Waals surface area contributed by atoms with Gasteiger partial charge >= 0.3 is 5.97 Å². The van der Waals surface area contributed by atoms with Crippen LogP contribution in [0, 0.1) is 0 Å². The highest BCUT2D eigenvalue weighted by Crippen LogP contribution is 2.45. The minimum atomic E-state index is -0.295. The van der Waals surface area contributed by atoms with Crippen molar-refractivity contribution in [1.82, 2.24) is 5.06 Å². The molecule has 1 aliphatic heterocycles. The number of hydroxylamine groups is 2. The van der Waals surface area contributed by atoms with Crippen molar-refractivity contribution in [3.05, 3.63) is 83.9 Å². The molecule has 1 heterocycles. The van der Waals surface area contributed by atoms with Gasteiger partial charge in [0.25, 0.3) is 0 Å². The van der Waals surface area contributed by atoms with Gasteiger partial charge < -0.3 is 4.74 Å². The molecule has 0 aromatic heterocycles. The third kappa shape index (κ3) is 4.75. The molecule has 0 amide bonds. The number of fused-ring (bicyclic) bond motifs is 1. The van der Waals surface area contributed by atoms with E-state index < -0.39 is 0 Å². The Morgan fingerprint density at radius 2 is 1.59 bits per heavy atom. The zero-order valence-electron chi connectivity index (χ0n) is 21.1. The Balaban J connectivity index is 1.57. The molecule has 3 aromatic rings. The fourth-order valence-corrected chi connectivity index (χ4v) is 5.59. The van der Waals surface area contributed by atoms with Crippen LogP contribution in [0.3, 0.4) is 0 Å². The smallest absolute Gasteiger partial charge is 0.339 e. The van der Waals surface area contributed by atoms with Crippen LogP contribution in [0.5, 0.6) is 0 Å². The number of rotatable bonds is 7. The van der Waals surface area contributed by atoms with Crippen molar-refractivity contribution in [2.45, 2.75) is 83.6 Å². The van der Waals surface area contributed by atoms with E-state index in [2.05, 4.69) is 51.8 Å². The third-order valence-electron chi connectivity index (χ3n) is 7.45. The van der Waals surface area contributed by atoms with Crippen LogP contribution in [0.1, 0.15) is 82.3 Å². The first-order valence-electron chi connectivity index (χ1n) is 12.5. The molecule has 1 fully saturated rings. The summed E-state index contributed by atoms with van der Waals surface area (Å²) in [5.41, 5.74) is 1.28. The molecule has 4 nitrogen and oxygen atoms in total. The van der Waals surface area contributed by atoms with E-state index in [4.69, 9.17) is 9.57 Å². The predicted octanol–water partition coefficient (Wildman–Crippen LogP) is 7.49. The summed E-state index contributed by atoms with van der Waals surface area (Å²) in [6, 6.07) is 24.1. The molecule has 0 aliphatic carbocycles. The van der Waals surface area contributed by atoms with Crippen LogP contribution in [-0.2, 0) is 9.57 Å². The summed E-state index contributed by atoms with van der Waals surface area (Å²) in [4.78, 5) is 20.0. The second-order valence-corrected chi connectivity index (χ2v) is 10.2. The maximum atomic E-state index is 13.3. The average molecular weight is 460 g/mol. The van der Waals surface area contributed by atoms with Crippen LogP contribution < -0.4 is 0 Å². The fourth-order valence-electron chi connectivity index (χ4n) is 5.59. The number of nitrogens with zero attached hydrogens (tertiary/aromatic N) is 1. The summed E-state index contributed by atoms with van der Waals surface area (Å²) in [7, 11) is 0. The van der Waals surface area contributed by atoms with E-state index in [9.17, 15) is 4.79 Å². The fraction of sp³-hybridized carbons (Fsp3) is 0.433. The van der Waals surface area contributed by atoms with E-state index in [0.717, 1.165) is 35.6 Å². The Hall–Kier alpha value is -2.69. The Bertz CT molecular complexity index is 1110. The van der Waals surface area contributed by atoms with Crippen LogP contribution in [0.25, 0.3) is 10.8 Å². The first-order chi connectivity index (χ1) is 16.3. The average Bonchev–Trinajstić information content (AvgIpc) is 2.85. The number of ether oxygens (including phenoxy) is 1. The summed E-state index contributed by atoms with van der Waals surface area (Å²) in [6.07, 6.45) is 3.06. The van der Waals surface area contributed by atoms with Gasteiger partial charge in [-0.05, 0) is 56.0 Å². The first-order valence-corrected chi connectivity index (χ1v) is 12.5. The summed E-state index contributed by atoms with van der Waals surface area (Å²) in [5, 5.41) is 4.20. The lowest BCUT2D eigenvalue weighted by atomic mass is 9.75. The summed E-state index contributed by atoms with van der Waals surface area (Å²) in [5.74, 6) is -0.245. The minimum Gasteiger partial charge on any atom is -0.459 e. The Kier molecular flexibility index (Phi) is 7.11. The van der Waals surface area contributed by atoms with Gasteiger partial charge in [-0.15, -0.1) is 0 Å². The number of hydrogen-bond acceptors (Lipinski definition) is 4. The van der Waals surface area contributed by atoms with Crippen LogP contribution in [0.15, 0.2) is 72.8 Å². The van der Waals surface area contributed by atoms with Crippen molar-refractivity contribution in [3.63, 3.8) is 0 Å². The van der Waals surface area contributed by atoms with E-state index in [0.29, 0.717) is 12.0 Å². The summed E-state index contributed by atoms with van der Waals surface area (Å²) >= 11 is 0. The van der Waals surface area contributed by atoms with Gasteiger partial charge in [-0.1, -0.05) is 80.6 Å². The molecule has 180 valence electrons. The van der Waals surface area contributed by atoms with Crippen LogP contribution in [0.4, 0.5) is 0 Å². The lowest BCUT2D eigenvalue weighted by molar-refractivity contribution is -0.322. The number of hydrogen-bond donors (Lipinski definition) is 0. The van der Waals surface area contributed by atoms with Crippen molar-refractivity contribution < 1.29 is 14.4 Å². The van der Waals surface area contributed by atoms with Gasteiger partial charge in [0.1, 0.15) is 12.2 Å². The molecule has 1 saturated heterocycles. The highest BCUT2D eigenvalue weighted by atomic mass is 16.7. The molecular weight excluding hydrogens is 422 g/mol. The molecule has 34 heavy (non-hydrogen) atoms. The van der Waals surface area contributed by atoms with E-state index in [1.807, 2.05) is 60.7 Å². The van der Waals surface area contributed by atoms with Gasteiger partial charge in [0.2, 0.25) is 0 Å². The molecule has 4 heteroatoms. The third-order valence-corrected chi connectivity index (χ3v) is 7.45. The molecule has 3 aromatic carbocycles. The van der Waals surface area contributed by atoms with E-state index in [-0.39, 0.29) is 29.3 Å². The van der Waals surface area contributed by atoms with E-state index in [1.165, 1.54) is 0 Å². The number of piperidine rings is 1. The van der Waals surface area contributed by atoms with Gasteiger partial charge in [0.15, 0.2) is 0 Å². The normalized spacial score (nSPS) is 20.7. The maximum absolute atomic E-state index is 13.3. The van der Waals surface area contributed by atoms with Crippen LogP contribution in [-0.4, -0.2) is 28.2 Å². The molecule has 0 spiro atoms. The van der Waals surface area contributed by atoms with Gasteiger partial charge in [-0.25, -0.2) is 4.79 Å². The quantitative estimate of drug-likeness (QED) is 0.343. The molecule has 0 N–H and O–H groups in total. The van der Waals surface area contributed by atoms with Crippen molar-refractivity contribution in [3.8, 4) is 0 Å². The van der Waals surface area contributed by atoms with Crippen molar-refractivity contribution >= 4 is 16.7 Å². The largest absolute Gasteiger partial charge is 0.459 e. The van der Waals surface area contributed by atoms with Crippen molar-refractivity contribution in [2.75, 3.05) is 0 Å². The molecule has 0 saturated carbocycles. The van der Waals surface area contributed by atoms with Gasteiger partial charge in [-0.3, -0.25) is 4.84 Å². The summed E-state index contributed by atoms with van der Waals surface area (Å²) < 4.78 is 6.20. The highest BCUT2D eigenvalue weighted by molar-refractivity contribution is 6.04. The lowest BCUT2D eigenvalue weighted by Crippen LogP contribution is -2.64. The molecule has 1 aliphatic rings. The molecule has 2 atom stereocenters. The van der Waals surface area contributed by atoms with E-state index in [1.54, 1.807) is 0 Å². The number of benzene rings is 3. The van der Waals surface area contributed by atoms with Crippen LogP contribution in [0.2, 0.25) is 0 Å². The number of carbonyl (C=O) groups is 1. The van der Waals surface area contributed by atoms with Crippen molar-refractivity contribution in [1.29, 1.82) is 0 Å². The molecule has 4 rings (SSSR count). The topological polar surface area (TPSA) is 38.8 Å². The number of esters is 1. The standard InChI is InChI=1S/C30H37NO3/c1-6-30(7-2)21-25(33-28(32)27-19-13-17-24-16-11-12-18-26(24)27)20-29(4,5)31(30)34-22(3)23-14-9-8-10-15-23/h8-19,22,25H,6-7,20-21H2,1-5H3.